The van der Waals surface area contributed by atoms with E-state index in [9.17, 15) is 14.0 Å². The Morgan fingerprint density at radius 1 is 1.06 bits per heavy atom. The Morgan fingerprint density at radius 2 is 1.71 bits per heavy atom. The number of halogens is 1. The van der Waals surface area contributed by atoms with Gasteiger partial charge in [-0.2, -0.15) is 0 Å². The number of hydrogen-bond acceptors (Lipinski definition) is 5. The molecule has 9 heteroatoms. The number of tetrazole rings is 1. The van der Waals surface area contributed by atoms with E-state index in [-0.39, 0.29) is 24.7 Å². The summed E-state index contributed by atoms with van der Waals surface area (Å²) in [5, 5.41) is 16.9. The van der Waals surface area contributed by atoms with E-state index in [0.29, 0.717) is 5.82 Å². The average Bonchev–Trinajstić information content (AvgIpc) is 3.14. The molecule has 0 spiro atoms. The smallest absolute Gasteiger partial charge is 0.245 e. The van der Waals surface area contributed by atoms with E-state index < -0.39 is 11.9 Å². The lowest BCUT2D eigenvalue weighted by Crippen LogP contribution is -2.39. The van der Waals surface area contributed by atoms with Crippen LogP contribution in [0.5, 0.6) is 0 Å². The second kappa shape index (κ2) is 9.46. The fraction of sp³-hybridized carbons (Fsp3) is 0.318. The van der Waals surface area contributed by atoms with Gasteiger partial charge in [0.15, 0.2) is 0 Å². The zero-order chi connectivity index (χ0) is 22.5. The molecule has 0 aliphatic carbocycles. The van der Waals surface area contributed by atoms with Crippen molar-refractivity contribution in [1.29, 1.82) is 0 Å². The molecular formula is C22H25FN6O2. The predicted octanol–water partition coefficient (Wildman–Crippen LogP) is 2.58. The molecule has 0 aliphatic rings. The Bertz CT molecular complexity index is 1070. The third kappa shape index (κ3) is 5.50. The van der Waals surface area contributed by atoms with Gasteiger partial charge in [-0.05, 0) is 66.9 Å². The molecule has 1 aromatic heterocycles. The lowest BCUT2D eigenvalue weighted by Gasteiger charge is -2.18. The summed E-state index contributed by atoms with van der Waals surface area (Å²) < 4.78 is 14.6. The minimum absolute atomic E-state index is 0.202. The lowest BCUT2D eigenvalue weighted by molar-refractivity contribution is -0.127. The van der Waals surface area contributed by atoms with Gasteiger partial charge in [0.2, 0.25) is 11.8 Å². The molecule has 0 aliphatic heterocycles. The van der Waals surface area contributed by atoms with E-state index in [1.165, 1.54) is 16.8 Å². The van der Waals surface area contributed by atoms with Gasteiger partial charge < -0.3 is 10.6 Å². The molecule has 1 atom stereocenters. The number of aryl methyl sites for hydroxylation is 4. The van der Waals surface area contributed by atoms with Gasteiger partial charge in [-0.3, -0.25) is 9.59 Å². The predicted molar refractivity (Wildman–Crippen MR) is 114 cm³/mol. The van der Waals surface area contributed by atoms with Crippen LogP contribution in [0, 0.1) is 33.5 Å². The van der Waals surface area contributed by atoms with Gasteiger partial charge in [0.05, 0.1) is 6.54 Å². The number of carbonyl (C=O) groups is 2. The third-order valence-electron chi connectivity index (χ3n) is 4.96. The Hall–Kier alpha value is -3.62. The Morgan fingerprint density at radius 3 is 2.29 bits per heavy atom. The molecule has 3 rings (SSSR count). The highest BCUT2D eigenvalue weighted by Gasteiger charge is 2.25. The van der Waals surface area contributed by atoms with Crippen molar-refractivity contribution in [1.82, 2.24) is 25.5 Å². The van der Waals surface area contributed by atoms with Crippen molar-refractivity contribution in [3.8, 4) is 0 Å². The first kappa shape index (κ1) is 22.1. The van der Waals surface area contributed by atoms with Gasteiger partial charge in [-0.15, -0.1) is 5.10 Å². The molecular weight excluding hydrogens is 399 g/mol. The van der Waals surface area contributed by atoms with Crippen LogP contribution >= 0.6 is 0 Å². The molecule has 0 saturated heterocycles. The maximum absolute atomic E-state index is 13.2. The third-order valence-corrected chi connectivity index (χ3v) is 4.96. The summed E-state index contributed by atoms with van der Waals surface area (Å²) >= 11 is 0. The summed E-state index contributed by atoms with van der Waals surface area (Å²) in [5.41, 5.74) is 4.50. The summed E-state index contributed by atoms with van der Waals surface area (Å²) in [5.74, 6) is -0.649. The lowest BCUT2D eigenvalue weighted by atomic mass is 10.0. The second-order valence-electron chi connectivity index (χ2n) is 7.56. The van der Waals surface area contributed by atoms with Crippen LogP contribution in [0.25, 0.3) is 0 Å². The summed E-state index contributed by atoms with van der Waals surface area (Å²) in [6.07, 6.45) is 0.246. The van der Waals surface area contributed by atoms with Crippen LogP contribution < -0.4 is 10.6 Å². The van der Waals surface area contributed by atoms with Crippen molar-refractivity contribution in [3.05, 3.63) is 70.3 Å². The minimum Gasteiger partial charge on any atom is -0.345 e. The van der Waals surface area contributed by atoms with Crippen molar-refractivity contribution < 1.29 is 14.0 Å². The normalized spacial score (nSPS) is 11.8. The first-order chi connectivity index (χ1) is 14.7. The van der Waals surface area contributed by atoms with Crippen molar-refractivity contribution in [3.63, 3.8) is 0 Å². The molecule has 2 aromatic carbocycles. The molecule has 31 heavy (non-hydrogen) atoms. The molecule has 1 heterocycles. The number of nitrogens with zero attached hydrogens (tertiary/aromatic N) is 4. The Kier molecular flexibility index (Phi) is 6.74. The molecule has 1 unspecified atom stereocenters. The monoisotopic (exact) mass is 424 g/mol. The van der Waals surface area contributed by atoms with Crippen molar-refractivity contribution >= 4 is 17.5 Å². The largest absolute Gasteiger partial charge is 0.345 e. The van der Waals surface area contributed by atoms with E-state index in [0.717, 1.165) is 27.9 Å². The summed E-state index contributed by atoms with van der Waals surface area (Å²) in [4.78, 5) is 25.4. The number of rotatable bonds is 7. The maximum atomic E-state index is 13.2. The summed E-state index contributed by atoms with van der Waals surface area (Å²) in [6, 6.07) is 9.06. The van der Waals surface area contributed by atoms with E-state index in [1.54, 1.807) is 19.1 Å². The van der Waals surface area contributed by atoms with Crippen molar-refractivity contribution in [2.75, 3.05) is 11.9 Å². The van der Waals surface area contributed by atoms with E-state index >= 15 is 0 Å². The summed E-state index contributed by atoms with van der Waals surface area (Å²) in [7, 11) is 0. The van der Waals surface area contributed by atoms with Crippen LogP contribution in [-0.2, 0) is 16.0 Å². The van der Waals surface area contributed by atoms with E-state index in [2.05, 4.69) is 26.2 Å². The standard InChI is InChI=1S/C22H25FN6O2/c1-13-9-14(2)21(15(3)10-13)25-20(30)12-24-22(31)19(29-16(4)26-27-28-29)11-17-5-7-18(23)8-6-17/h5-10,19H,11-12H2,1-4H3,(H,24,31)(H,25,30). The Balaban J connectivity index is 1.69. The summed E-state index contributed by atoms with van der Waals surface area (Å²) in [6.45, 7) is 7.32. The van der Waals surface area contributed by atoms with E-state index in [4.69, 9.17) is 0 Å². The zero-order valence-electron chi connectivity index (χ0n) is 17.9. The van der Waals surface area contributed by atoms with Gasteiger partial charge >= 0.3 is 0 Å². The zero-order valence-corrected chi connectivity index (χ0v) is 17.9. The van der Waals surface area contributed by atoms with Crippen LogP contribution in [0.4, 0.5) is 10.1 Å². The van der Waals surface area contributed by atoms with Crippen LogP contribution in [0.1, 0.15) is 34.1 Å². The average molecular weight is 424 g/mol. The van der Waals surface area contributed by atoms with Crippen molar-refractivity contribution in [2.45, 2.75) is 40.2 Å². The van der Waals surface area contributed by atoms with Gasteiger partial charge in [0.1, 0.15) is 17.7 Å². The minimum atomic E-state index is -0.781. The number of amides is 2. The first-order valence-electron chi connectivity index (χ1n) is 9.89. The van der Waals surface area contributed by atoms with Gasteiger partial charge in [-0.25, -0.2) is 9.07 Å². The SMILES string of the molecule is Cc1cc(C)c(NC(=O)CNC(=O)C(Cc2ccc(F)cc2)n2nnnc2C)c(C)c1. The molecule has 0 fully saturated rings. The van der Waals surface area contributed by atoms with Crippen LogP contribution in [0.15, 0.2) is 36.4 Å². The number of nitrogens with one attached hydrogen (secondary N) is 2. The van der Waals surface area contributed by atoms with Gasteiger partial charge in [0.25, 0.3) is 0 Å². The topological polar surface area (TPSA) is 102 Å². The highest BCUT2D eigenvalue weighted by Crippen LogP contribution is 2.22. The van der Waals surface area contributed by atoms with Crippen molar-refractivity contribution in [2.24, 2.45) is 0 Å². The maximum Gasteiger partial charge on any atom is 0.245 e. The highest BCUT2D eigenvalue weighted by atomic mass is 19.1. The van der Waals surface area contributed by atoms with Gasteiger partial charge in [0, 0.05) is 12.1 Å². The van der Waals surface area contributed by atoms with Crippen LogP contribution in [-0.4, -0.2) is 38.6 Å². The molecule has 8 nitrogen and oxygen atoms in total. The fourth-order valence-electron chi connectivity index (χ4n) is 3.51. The molecule has 2 N–H and O–H groups in total. The Labute approximate surface area is 179 Å². The number of carbonyl (C=O) groups excluding carboxylic acids is 2. The molecule has 0 radical (unpaired) electrons. The number of anilines is 1. The fourth-order valence-corrected chi connectivity index (χ4v) is 3.51. The number of hydrogen-bond donors (Lipinski definition) is 2. The highest BCUT2D eigenvalue weighted by molar-refractivity contribution is 5.96. The molecule has 0 bridgehead atoms. The quantitative estimate of drug-likeness (QED) is 0.607. The van der Waals surface area contributed by atoms with Crippen LogP contribution in [0.3, 0.4) is 0 Å². The second-order valence-corrected chi connectivity index (χ2v) is 7.56. The van der Waals surface area contributed by atoms with Crippen LogP contribution in [0.2, 0.25) is 0 Å². The van der Waals surface area contributed by atoms with Gasteiger partial charge in [-0.1, -0.05) is 29.8 Å². The number of aromatic nitrogens is 4. The molecule has 0 saturated carbocycles. The molecule has 162 valence electrons. The molecule has 2 amide bonds. The van der Waals surface area contributed by atoms with E-state index in [1.807, 2.05) is 32.9 Å². The first-order valence-corrected chi connectivity index (χ1v) is 9.89. The number of benzene rings is 2. The molecule has 3 aromatic rings.